The van der Waals surface area contributed by atoms with Crippen LogP contribution in [0.5, 0.6) is 0 Å². The lowest BCUT2D eigenvalue weighted by Crippen LogP contribution is -2.26. The summed E-state index contributed by atoms with van der Waals surface area (Å²) in [4.78, 5) is 0.157. The van der Waals surface area contributed by atoms with Gasteiger partial charge in [-0.3, -0.25) is 5.43 Å². The Hall–Kier alpha value is -2.36. The lowest BCUT2D eigenvalue weighted by molar-refractivity contribution is 0.521. The van der Waals surface area contributed by atoms with Crippen LogP contribution in [0.4, 0.5) is 10.1 Å². The standard InChI is InChI=1S/C18H21FN4O2S2/c1-4-17(13-8-10-14(19)11-9-13)21-22-18(26)20-15-6-5-7-16(12-15)27(24,25)23(2)3/h5-12H,4H2,1-3H3,(H2,20,22,26)/b21-17+. The second-order valence-corrected chi connectivity index (χ2v) is 8.36. The molecule has 6 nitrogen and oxygen atoms in total. The van der Waals surface area contributed by atoms with Gasteiger partial charge in [0.2, 0.25) is 10.0 Å². The normalized spacial score (nSPS) is 12.1. The van der Waals surface area contributed by atoms with E-state index < -0.39 is 10.0 Å². The summed E-state index contributed by atoms with van der Waals surface area (Å²) in [6.45, 7) is 1.93. The number of hydrogen-bond acceptors (Lipinski definition) is 4. The van der Waals surface area contributed by atoms with Gasteiger partial charge in [-0.1, -0.05) is 25.1 Å². The summed E-state index contributed by atoms with van der Waals surface area (Å²) in [5, 5.41) is 7.37. The molecule has 0 spiro atoms. The van der Waals surface area contributed by atoms with Crippen LogP contribution in [0.2, 0.25) is 0 Å². The molecule has 2 aromatic rings. The topological polar surface area (TPSA) is 73.8 Å². The van der Waals surface area contributed by atoms with E-state index in [1.54, 1.807) is 24.3 Å². The summed E-state index contributed by atoms with van der Waals surface area (Å²) in [5.74, 6) is -0.313. The number of halogens is 1. The molecule has 0 aromatic heterocycles. The highest BCUT2D eigenvalue weighted by molar-refractivity contribution is 7.89. The molecule has 0 atom stereocenters. The highest BCUT2D eigenvalue weighted by Crippen LogP contribution is 2.18. The van der Waals surface area contributed by atoms with Gasteiger partial charge in [-0.2, -0.15) is 5.10 Å². The molecule has 0 aliphatic carbocycles. The first-order valence-corrected chi connectivity index (χ1v) is 10.0. The van der Waals surface area contributed by atoms with Crippen LogP contribution in [-0.4, -0.2) is 37.6 Å². The van der Waals surface area contributed by atoms with Crippen LogP contribution >= 0.6 is 12.2 Å². The number of hydrogen-bond donors (Lipinski definition) is 2. The molecule has 0 saturated carbocycles. The van der Waals surface area contributed by atoms with Crippen LogP contribution in [0.1, 0.15) is 18.9 Å². The minimum absolute atomic E-state index is 0.157. The SMILES string of the molecule is CC/C(=N\NC(=S)Nc1cccc(S(=O)(=O)N(C)C)c1)c1ccc(F)cc1. The van der Waals surface area contributed by atoms with Gasteiger partial charge < -0.3 is 5.32 Å². The molecule has 0 aliphatic heterocycles. The summed E-state index contributed by atoms with van der Waals surface area (Å²) >= 11 is 5.21. The first kappa shape index (κ1) is 20.9. The van der Waals surface area contributed by atoms with Crippen LogP contribution in [0.25, 0.3) is 0 Å². The molecule has 2 rings (SSSR count). The lowest BCUT2D eigenvalue weighted by atomic mass is 10.1. The van der Waals surface area contributed by atoms with E-state index >= 15 is 0 Å². The lowest BCUT2D eigenvalue weighted by Gasteiger charge is -2.13. The van der Waals surface area contributed by atoms with Crippen LogP contribution in [-0.2, 0) is 10.0 Å². The average molecular weight is 409 g/mol. The second kappa shape index (κ2) is 9.03. The molecular formula is C18H21FN4O2S2. The highest BCUT2D eigenvalue weighted by atomic mass is 32.2. The number of hydrazone groups is 1. The maximum Gasteiger partial charge on any atom is 0.242 e. The third kappa shape index (κ3) is 5.56. The van der Waals surface area contributed by atoms with Gasteiger partial charge in [0.05, 0.1) is 10.6 Å². The zero-order chi connectivity index (χ0) is 20.0. The fourth-order valence-corrected chi connectivity index (χ4v) is 3.32. The molecule has 27 heavy (non-hydrogen) atoms. The van der Waals surface area contributed by atoms with E-state index in [0.29, 0.717) is 17.8 Å². The number of rotatable bonds is 6. The fraction of sp³-hybridized carbons (Fsp3) is 0.222. The maximum absolute atomic E-state index is 13.0. The van der Waals surface area contributed by atoms with Gasteiger partial charge in [-0.15, -0.1) is 0 Å². The Kier molecular flexibility index (Phi) is 7.00. The third-order valence-corrected chi connectivity index (χ3v) is 5.68. The van der Waals surface area contributed by atoms with E-state index in [4.69, 9.17) is 12.2 Å². The van der Waals surface area contributed by atoms with Gasteiger partial charge in [0.15, 0.2) is 5.11 Å². The number of nitrogens with one attached hydrogen (secondary N) is 2. The Morgan fingerprint density at radius 2 is 1.85 bits per heavy atom. The van der Waals surface area contributed by atoms with E-state index in [1.807, 2.05) is 6.92 Å². The quantitative estimate of drug-likeness (QED) is 0.436. The minimum Gasteiger partial charge on any atom is -0.331 e. The summed E-state index contributed by atoms with van der Waals surface area (Å²) in [6, 6.07) is 12.4. The molecular weight excluding hydrogens is 387 g/mol. The molecule has 0 fully saturated rings. The van der Waals surface area contributed by atoms with E-state index in [-0.39, 0.29) is 15.8 Å². The van der Waals surface area contributed by atoms with Crippen LogP contribution in [0.15, 0.2) is 58.5 Å². The first-order valence-electron chi connectivity index (χ1n) is 8.16. The Bertz CT molecular complexity index is 942. The number of thiocarbonyl (C=S) groups is 1. The van der Waals surface area contributed by atoms with Crippen molar-refractivity contribution >= 4 is 38.8 Å². The minimum atomic E-state index is -3.53. The first-order chi connectivity index (χ1) is 12.7. The second-order valence-electron chi connectivity index (χ2n) is 5.80. The van der Waals surface area contributed by atoms with Crippen molar-refractivity contribution in [1.82, 2.24) is 9.73 Å². The zero-order valence-corrected chi connectivity index (χ0v) is 16.9. The fourth-order valence-electron chi connectivity index (χ4n) is 2.21. The number of sulfonamides is 1. The molecule has 2 N–H and O–H groups in total. The van der Waals surface area contributed by atoms with Gasteiger partial charge in [0, 0.05) is 19.8 Å². The van der Waals surface area contributed by atoms with Gasteiger partial charge in [0.1, 0.15) is 5.82 Å². The van der Waals surface area contributed by atoms with Crippen molar-refractivity contribution in [1.29, 1.82) is 0 Å². The Morgan fingerprint density at radius 3 is 2.44 bits per heavy atom. The molecule has 0 aliphatic rings. The Balaban J connectivity index is 2.10. The molecule has 9 heteroatoms. The summed E-state index contributed by atoms with van der Waals surface area (Å²) < 4.78 is 38.6. The molecule has 0 heterocycles. The van der Waals surface area contributed by atoms with Crippen molar-refractivity contribution in [2.45, 2.75) is 18.2 Å². The number of benzene rings is 2. The molecule has 0 amide bonds. The largest absolute Gasteiger partial charge is 0.331 e. The predicted molar refractivity (Wildman–Crippen MR) is 110 cm³/mol. The number of nitrogens with zero attached hydrogens (tertiary/aromatic N) is 2. The van der Waals surface area contributed by atoms with Crippen molar-refractivity contribution in [2.75, 3.05) is 19.4 Å². The van der Waals surface area contributed by atoms with Crippen molar-refractivity contribution in [3.05, 3.63) is 59.9 Å². The van der Waals surface area contributed by atoms with Crippen molar-refractivity contribution < 1.29 is 12.8 Å². The summed E-state index contributed by atoms with van der Waals surface area (Å²) in [7, 11) is -0.592. The average Bonchev–Trinajstić information content (AvgIpc) is 2.63. The molecule has 0 saturated heterocycles. The van der Waals surface area contributed by atoms with Crippen molar-refractivity contribution in [3.8, 4) is 0 Å². The van der Waals surface area contributed by atoms with E-state index in [1.165, 1.54) is 38.4 Å². The summed E-state index contributed by atoms with van der Waals surface area (Å²) in [6.07, 6.45) is 0.623. The maximum atomic E-state index is 13.0. The number of anilines is 1. The Morgan fingerprint density at radius 1 is 1.19 bits per heavy atom. The van der Waals surface area contributed by atoms with E-state index in [0.717, 1.165) is 9.87 Å². The third-order valence-electron chi connectivity index (χ3n) is 3.68. The van der Waals surface area contributed by atoms with E-state index in [2.05, 4.69) is 15.8 Å². The Labute approximate surface area is 164 Å². The molecule has 0 bridgehead atoms. The van der Waals surface area contributed by atoms with Gasteiger partial charge in [-0.05, 0) is 54.5 Å². The van der Waals surface area contributed by atoms with Gasteiger partial charge >= 0.3 is 0 Å². The van der Waals surface area contributed by atoms with Crippen LogP contribution in [0.3, 0.4) is 0 Å². The van der Waals surface area contributed by atoms with Crippen LogP contribution in [0, 0.1) is 5.82 Å². The smallest absolute Gasteiger partial charge is 0.242 e. The predicted octanol–water partition coefficient (Wildman–Crippen LogP) is 3.18. The molecule has 0 unspecified atom stereocenters. The molecule has 144 valence electrons. The van der Waals surface area contributed by atoms with Crippen molar-refractivity contribution in [2.24, 2.45) is 5.10 Å². The molecule has 2 aromatic carbocycles. The monoisotopic (exact) mass is 408 g/mol. The highest BCUT2D eigenvalue weighted by Gasteiger charge is 2.17. The van der Waals surface area contributed by atoms with Crippen LogP contribution < -0.4 is 10.7 Å². The van der Waals surface area contributed by atoms with Gasteiger partial charge in [0.25, 0.3) is 0 Å². The zero-order valence-electron chi connectivity index (χ0n) is 15.2. The summed E-state index contributed by atoms with van der Waals surface area (Å²) in [5.41, 5.74) is 4.75. The van der Waals surface area contributed by atoms with E-state index in [9.17, 15) is 12.8 Å². The van der Waals surface area contributed by atoms with Crippen molar-refractivity contribution in [3.63, 3.8) is 0 Å². The molecule has 0 radical (unpaired) electrons. The van der Waals surface area contributed by atoms with Gasteiger partial charge in [-0.25, -0.2) is 17.1 Å².